The van der Waals surface area contributed by atoms with Gasteiger partial charge in [-0.2, -0.15) is 0 Å². The van der Waals surface area contributed by atoms with Crippen LogP contribution in [0.2, 0.25) is 0 Å². The molecular weight excluding hydrogens is 139 g/mol. The molecule has 0 amide bonds. The molecule has 6 heavy (non-hydrogen) atoms. The molecule has 0 saturated heterocycles. The van der Waals surface area contributed by atoms with E-state index in [1.165, 1.54) is 0 Å². The van der Waals surface area contributed by atoms with Gasteiger partial charge in [0.15, 0.2) is 0 Å². The molecule has 0 aromatic carbocycles. The summed E-state index contributed by atoms with van der Waals surface area (Å²) in [5, 5.41) is 0. The van der Waals surface area contributed by atoms with Gasteiger partial charge in [0.05, 0.1) is 0 Å². The van der Waals surface area contributed by atoms with E-state index in [0.29, 0.717) is 0 Å². The minimum absolute atomic E-state index is 0. The molecule has 3 N–H and O–H groups in total. The summed E-state index contributed by atoms with van der Waals surface area (Å²) in [7, 11) is 0. The van der Waals surface area contributed by atoms with Crippen molar-refractivity contribution in [2.75, 3.05) is 0 Å². The van der Waals surface area contributed by atoms with E-state index in [2.05, 4.69) is 0 Å². The van der Waals surface area contributed by atoms with Crippen molar-refractivity contribution in [3.05, 3.63) is 0 Å². The summed E-state index contributed by atoms with van der Waals surface area (Å²) in [4.78, 5) is 0. The topological polar surface area (TPSA) is 90.0 Å². The van der Waals surface area contributed by atoms with Gasteiger partial charge < -0.3 is 16.4 Å². The summed E-state index contributed by atoms with van der Waals surface area (Å²) < 4.78 is 0. The molecule has 0 saturated carbocycles. The van der Waals surface area contributed by atoms with Crippen LogP contribution in [0.15, 0.2) is 0 Å². The second kappa shape index (κ2) is 51.9. The van der Waals surface area contributed by atoms with Crippen molar-refractivity contribution in [2.24, 2.45) is 0 Å². The monoisotopic (exact) mass is 146 g/mol. The maximum Gasteiger partial charge on any atom is 0.316 e. The molecule has 0 aromatic heterocycles. The summed E-state index contributed by atoms with van der Waals surface area (Å²) in [5.41, 5.74) is 0. The van der Waals surface area contributed by atoms with Crippen molar-refractivity contribution < 1.29 is 16.4 Å². The van der Waals surface area contributed by atoms with E-state index in [1.807, 2.05) is 0 Å². The Kier molecular flexibility index (Phi) is 679. The molecule has 0 heterocycles. The fourth-order valence-corrected chi connectivity index (χ4v) is 0. The Labute approximate surface area is 93.1 Å². The predicted octanol–water partition coefficient (Wildman–Crippen LogP) is -2.74. The largest absolute Gasteiger partial charge is 0.870 e. The first-order valence-corrected chi connectivity index (χ1v) is 0. The zero-order chi connectivity index (χ0) is 0. The molecule has 3 nitrogen and oxygen atoms in total. The Hall–Kier alpha value is 2.44. The van der Waals surface area contributed by atoms with Crippen LogP contribution in [-0.4, -0.2) is 94.6 Å². The van der Waals surface area contributed by atoms with E-state index in [0.717, 1.165) is 0 Å². The molecule has 0 radical (unpaired) electrons. The Morgan fingerprint density at radius 1 is 0.667 bits per heavy atom. The smallest absolute Gasteiger partial charge is 0.316 e. The van der Waals surface area contributed by atoms with Gasteiger partial charge in [0.25, 0.3) is 0 Å². The standard InChI is InChI=1S/Al.Ca.Mg.3H2O.4H/h;;;3*1H2;;;;/q+3;;;;;;;;;/p-3. The average Bonchev–Trinajstić information content (AvgIpc) is 0. The van der Waals surface area contributed by atoms with Crippen molar-refractivity contribution in [3.8, 4) is 0 Å². The molecular formula is H7AlCaMgO3. The summed E-state index contributed by atoms with van der Waals surface area (Å²) in [6, 6.07) is 0. The van der Waals surface area contributed by atoms with Crippen LogP contribution in [0.4, 0.5) is 0 Å². The molecule has 0 aromatic rings. The first-order valence-electron chi connectivity index (χ1n) is 0. The zero-order valence-corrected chi connectivity index (χ0v) is 3.07. The van der Waals surface area contributed by atoms with E-state index in [1.54, 1.807) is 0 Å². The Morgan fingerprint density at radius 3 is 0.667 bits per heavy atom. The van der Waals surface area contributed by atoms with Crippen molar-refractivity contribution in [2.45, 2.75) is 0 Å². The maximum atomic E-state index is 0. The molecule has 32 valence electrons. The third kappa shape index (κ3) is 32.0. The number of hydrogen-bond donors (Lipinski definition) is 0. The average molecular weight is 146 g/mol. The van der Waals surface area contributed by atoms with Gasteiger partial charge in [0.2, 0.25) is 0 Å². The molecule has 0 rings (SSSR count). The van der Waals surface area contributed by atoms with Crippen LogP contribution in [0, 0.1) is 0 Å². The van der Waals surface area contributed by atoms with Gasteiger partial charge in [-0.15, -0.1) is 0 Å². The van der Waals surface area contributed by atoms with E-state index in [4.69, 9.17) is 0 Å². The first-order chi connectivity index (χ1) is 0. The van der Waals surface area contributed by atoms with Crippen LogP contribution < -0.4 is 0 Å². The minimum atomic E-state index is 0. The molecule has 0 aliphatic carbocycles. The van der Waals surface area contributed by atoms with Crippen LogP contribution in [0.1, 0.15) is 0 Å². The van der Waals surface area contributed by atoms with Crippen molar-refractivity contribution >= 4 is 78.2 Å². The van der Waals surface area contributed by atoms with Crippen molar-refractivity contribution in [3.63, 3.8) is 0 Å². The maximum absolute atomic E-state index is 0. The molecule has 0 bridgehead atoms. The number of hydrogen-bond acceptors (Lipinski definition) is 3. The second-order valence-electron chi connectivity index (χ2n) is 0. The van der Waals surface area contributed by atoms with Gasteiger partial charge in [-0.1, -0.05) is 0 Å². The summed E-state index contributed by atoms with van der Waals surface area (Å²) in [6.45, 7) is 0. The molecule has 0 unspecified atom stereocenters. The van der Waals surface area contributed by atoms with Crippen LogP contribution in [0.5, 0.6) is 0 Å². The van der Waals surface area contributed by atoms with Crippen LogP contribution in [0.25, 0.3) is 0 Å². The van der Waals surface area contributed by atoms with E-state index >= 15 is 0 Å². The SMILES string of the molecule is [Al+3].[CaH2].[MgH2].[OH-].[OH-].[OH-]. The molecule has 0 fully saturated rings. The summed E-state index contributed by atoms with van der Waals surface area (Å²) in [5.74, 6) is 0. The molecule has 0 aliphatic heterocycles. The van der Waals surface area contributed by atoms with Crippen LogP contribution in [0.3, 0.4) is 0 Å². The Morgan fingerprint density at radius 2 is 0.667 bits per heavy atom. The molecule has 0 atom stereocenters. The molecule has 0 aliphatic rings. The molecule has 6 heteroatoms. The fourth-order valence-electron chi connectivity index (χ4n) is 0. The van der Waals surface area contributed by atoms with Gasteiger partial charge in [-0.25, -0.2) is 0 Å². The quantitative estimate of drug-likeness (QED) is 0.347. The number of rotatable bonds is 0. The Bertz CT molecular complexity index is 10.8. The van der Waals surface area contributed by atoms with E-state index < -0.39 is 0 Å². The van der Waals surface area contributed by atoms with Gasteiger partial charge in [0, 0.05) is 0 Å². The van der Waals surface area contributed by atoms with Gasteiger partial charge >= 0.3 is 78.2 Å². The summed E-state index contributed by atoms with van der Waals surface area (Å²) in [6.07, 6.45) is 0. The minimum Gasteiger partial charge on any atom is -0.870 e. The Balaban J connectivity index is 0. The van der Waals surface area contributed by atoms with Gasteiger partial charge in [-0.05, 0) is 0 Å². The van der Waals surface area contributed by atoms with Crippen LogP contribution >= 0.6 is 0 Å². The van der Waals surface area contributed by atoms with E-state index in [-0.39, 0.29) is 94.6 Å². The van der Waals surface area contributed by atoms with Gasteiger partial charge in [-0.3, -0.25) is 0 Å². The first kappa shape index (κ1) is 78.5. The van der Waals surface area contributed by atoms with E-state index in [9.17, 15) is 0 Å². The molecule has 0 spiro atoms. The fraction of sp³-hybridized carbons (Fsp3) is 0. The third-order valence-electron chi connectivity index (χ3n) is 0. The predicted molar refractivity (Wildman–Crippen MR) is 28.6 cm³/mol. The summed E-state index contributed by atoms with van der Waals surface area (Å²) >= 11 is 0. The zero-order valence-electron chi connectivity index (χ0n) is 1.92. The van der Waals surface area contributed by atoms with Crippen LogP contribution in [-0.2, 0) is 0 Å². The van der Waals surface area contributed by atoms with Crippen molar-refractivity contribution in [1.82, 2.24) is 0 Å². The normalized spacial score (nSPS) is 0. The second-order valence-corrected chi connectivity index (χ2v) is 0. The van der Waals surface area contributed by atoms with Crippen molar-refractivity contribution in [1.29, 1.82) is 0 Å². The van der Waals surface area contributed by atoms with Gasteiger partial charge in [0.1, 0.15) is 0 Å². The third-order valence-corrected chi connectivity index (χ3v) is 0.